The molecule has 0 heterocycles. The van der Waals surface area contributed by atoms with Crippen molar-refractivity contribution in [3.8, 4) is 33.4 Å². The van der Waals surface area contributed by atoms with E-state index in [9.17, 15) is 0 Å². The van der Waals surface area contributed by atoms with Crippen LogP contribution in [0.5, 0.6) is 0 Å². The lowest BCUT2D eigenvalue weighted by atomic mass is 9.27. The Bertz CT molecular complexity index is 2760. The molecule has 6 aromatic carbocycles. The number of hydrogen-bond acceptors (Lipinski definition) is 1. The quantitative estimate of drug-likeness (QED) is 0.173. The van der Waals surface area contributed by atoms with Crippen molar-refractivity contribution in [2.24, 2.45) is 29.1 Å². The van der Waals surface area contributed by atoms with Gasteiger partial charge in [0.25, 0.3) is 0 Å². The molecule has 6 unspecified atom stereocenters. The topological polar surface area (TPSA) is 3.24 Å². The summed E-state index contributed by atoms with van der Waals surface area (Å²) in [4.78, 5) is 2.63. The largest absolute Gasteiger partial charge is 0.310 e. The molecule has 2 spiro atoms. The Morgan fingerprint density at radius 1 is 0.500 bits per heavy atom. The second-order valence-electron chi connectivity index (χ2n) is 21.6. The summed E-state index contributed by atoms with van der Waals surface area (Å²) in [5, 5.41) is 0. The fourth-order valence-electron chi connectivity index (χ4n) is 15.6. The first-order valence-corrected chi connectivity index (χ1v) is 22.5. The molecule has 0 aliphatic heterocycles. The zero-order chi connectivity index (χ0) is 39.1. The molecule has 0 aromatic heterocycles. The SMILES string of the molecule is CC1(C)CCC(C)(C)c2c(-c3ccc(N(c4ccc5c(c4)C(C)(C)c4ccccc4-5)c4cccc5c4-c4ccccc4C54C5CC6CC7CC4C75C6)cc3)cccc21. The van der Waals surface area contributed by atoms with Crippen LogP contribution in [0.3, 0.4) is 0 Å². The minimum absolute atomic E-state index is 0.0808. The highest BCUT2D eigenvalue weighted by atomic mass is 15.1. The van der Waals surface area contributed by atoms with E-state index < -0.39 is 0 Å². The predicted molar refractivity (Wildman–Crippen MR) is 240 cm³/mol. The Labute approximate surface area is 345 Å². The van der Waals surface area contributed by atoms with Gasteiger partial charge in [-0.3, -0.25) is 0 Å². The average Bonchev–Trinajstić information content (AvgIpc) is 3.92. The molecule has 1 heteroatoms. The van der Waals surface area contributed by atoms with Gasteiger partial charge in [-0.2, -0.15) is 0 Å². The Kier molecular flexibility index (Phi) is 6.36. The highest BCUT2D eigenvalue weighted by molar-refractivity contribution is 5.97. The molecular weight excluding hydrogens is 699 g/mol. The molecule has 4 saturated carbocycles. The zero-order valence-electron chi connectivity index (χ0n) is 35.1. The number of hydrogen-bond donors (Lipinski definition) is 0. The smallest absolute Gasteiger partial charge is 0.0543 e. The maximum atomic E-state index is 2.63. The van der Waals surface area contributed by atoms with Gasteiger partial charge in [-0.1, -0.05) is 139 Å². The molecule has 0 saturated heterocycles. The summed E-state index contributed by atoms with van der Waals surface area (Å²) in [5.41, 5.74) is 22.4. The molecule has 58 heavy (non-hydrogen) atoms. The van der Waals surface area contributed by atoms with Gasteiger partial charge in [0.05, 0.1) is 5.69 Å². The van der Waals surface area contributed by atoms with E-state index in [1.165, 1.54) is 111 Å². The molecular formula is C57H55N. The van der Waals surface area contributed by atoms with Crippen LogP contribution in [0.25, 0.3) is 33.4 Å². The third kappa shape index (κ3) is 3.87. The van der Waals surface area contributed by atoms with Gasteiger partial charge in [-0.15, -0.1) is 0 Å². The van der Waals surface area contributed by atoms with Gasteiger partial charge >= 0.3 is 0 Å². The highest BCUT2D eigenvalue weighted by Gasteiger charge is 2.84. The van der Waals surface area contributed by atoms with Crippen molar-refractivity contribution >= 4 is 17.1 Å². The number of anilines is 3. The van der Waals surface area contributed by atoms with Crippen LogP contribution in [0.15, 0.2) is 127 Å². The van der Waals surface area contributed by atoms with Gasteiger partial charge in [-0.25, -0.2) is 0 Å². The van der Waals surface area contributed by atoms with Crippen LogP contribution in [-0.2, 0) is 21.7 Å². The maximum Gasteiger partial charge on any atom is 0.0543 e. The molecule has 4 fully saturated rings. The zero-order valence-corrected chi connectivity index (χ0v) is 35.1. The molecule has 288 valence electrons. The van der Waals surface area contributed by atoms with Crippen molar-refractivity contribution < 1.29 is 0 Å². The summed E-state index contributed by atoms with van der Waals surface area (Å²) in [7, 11) is 0. The molecule has 0 radical (unpaired) electrons. The highest BCUT2D eigenvalue weighted by Crippen LogP contribution is 2.89. The third-order valence-corrected chi connectivity index (χ3v) is 18.0. The fraction of sp³-hybridized carbons (Fsp3) is 0.368. The summed E-state index contributed by atoms with van der Waals surface area (Å²) in [6.07, 6.45) is 8.28. The van der Waals surface area contributed by atoms with Crippen LogP contribution in [-0.4, -0.2) is 0 Å². The minimum Gasteiger partial charge on any atom is -0.310 e. The van der Waals surface area contributed by atoms with Crippen LogP contribution in [0.2, 0.25) is 0 Å². The van der Waals surface area contributed by atoms with E-state index >= 15 is 0 Å². The van der Waals surface area contributed by atoms with Gasteiger partial charge < -0.3 is 4.90 Å². The van der Waals surface area contributed by atoms with Crippen LogP contribution in [0.1, 0.15) is 113 Å². The van der Waals surface area contributed by atoms with Gasteiger partial charge in [-0.05, 0) is 170 Å². The van der Waals surface area contributed by atoms with Gasteiger partial charge in [0, 0.05) is 27.8 Å². The normalized spacial score (nSPS) is 29.7. The lowest BCUT2D eigenvalue weighted by molar-refractivity contribution is -0.231. The number of nitrogens with zero attached hydrogens (tertiary/aromatic N) is 1. The summed E-state index contributed by atoms with van der Waals surface area (Å²) < 4.78 is 0. The van der Waals surface area contributed by atoms with Crippen LogP contribution >= 0.6 is 0 Å². The van der Waals surface area contributed by atoms with Crippen LogP contribution in [0, 0.1) is 29.1 Å². The minimum atomic E-state index is -0.0808. The third-order valence-electron chi connectivity index (χ3n) is 18.0. The van der Waals surface area contributed by atoms with Gasteiger partial charge in [0.15, 0.2) is 0 Å². The van der Waals surface area contributed by atoms with E-state index in [1.54, 1.807) is 11.1 Å². The fourth-order valence-corrected chi connectivity index (χ4v) is 15.6. The molecule has 2 bridgehead atoms. The van der Waals surface area contributed by atoms with E-state index in [-0.39, 0.29) is 21.7 Å². The van der Waals surface area contributed by atoms with E-state index in [1.807, 2.05) is 0 Å². The van der Waals surface area contributed by atoms with E-state index in [0.29, 0.717) is 5.41 Å². The van der Waals surface area contributed by atoms with E-state index in [0.717, 1.165) is 23.7 Å². The van der Waals surface area contributed by atoms with E-state index in [2.05, 4.69) is 174 Å². The second-order valence-corrected chi connectivity index (χ2v) is 21.6. The number of rotatable bonds is 4. The first kappa shape index (κ1) is 34.0. The predicted octanol–water partition coefficient (Wildman–Crippen LogP) is 14.8. The molecule has 6 aromatic rings. The molecule has 6 atom stereocenters. The standard InChI is InChI=1S/C57H55N/c1-53(2)27-28-54(3,4)52-39(15-11-19-46(52)53)35-21-23-37(24-22-35)58(38-25-26-41-40-13-7-9-16-43(40)55(5,6)47(41)32-38)48-20-12-18-45-51(48)42-14-8-10-17-44(42)57(45)49-30-34-29-36-31-50(57)56(36,49)33-34/h7-26,32,34,36,49-50H,27-31,33H2,1-6H3. The molecule has 0 amide bonds. The Balaban J connectivity index is 1.01. The summed E-state index contributed by atoms with van der Waals surface area (Å²) in [5.74, 6) is 3.50. The first-order chi connectivity index (χ1) is 28.0. The molecule has 1 nitrogen and oxygen atoms in total. The summed E-state index contributed by atoms with van der Waals surface area (Å²) >= 11 is 0. The molecule has 0 N–H and O–H groups in total. The molecule has 13 rings (SSSR count). The summed E-state index contributed by atoms with van der Waals surface area (Å²) in [6.45, 7) is 14.6. The Morgan fingerprint density at radius 2 is 1.14 bits per heavy atom. The number of fused-ring (bicyclic) bond motifs is 12. The lowest BCUT2D eigenvalue weighted by Crippen LogP contribution is -2.73. The van der Waals surface area contributed by atoms with Gasteiger partial charge in [0.1, 0.15) is 0 Å². The summed E-state index contributed by atoms with van der Waals surface area (Å²) in [6, 6.07) is 50.2. The Morgan fingerprint density at radius 3 is 1.95 bits per heavy atom. The lowest BCUT2D eigenvalue weighted by Gasteiger charge is -2.76. The van der Waals surface area contributed by atoms with E-state index in [4.69, 9.17) is 0 Å². The van der Waals surface area contributed by atoms with Gasteiger partial charge in [0.2, 0.25) is 0 Å². The van der Waals surface area contributed by atoms with Crippen molar-refractivity contribution in [3.63, 3.8) is 0 Å². The second kappa shape index (κ2) is 10.8. The number of benzene rings is 6. The molecule has 7 aliphatic carbocycles. The van der Waals surface area contributed by atoms with Crippen LogP contribution < -0.4 is 4.90 Å². The van der Waals surface area contributed by atoms with Crippen LogP contribution in [0.4, 0.5) is 17.1 Å². The van der Waals surface area contributed by atoms with Crippen molar-refractivity contribution in [1.82, 2.24) is 0 Å². The maximum absolute atomic E-state index is 2.63. The Hall–Kier alpha value is -4.88. The monoisotopic (exact) mass is 753 g/mol. The first-order valence-electron chi connectivity index (χ1n) is 22.5. The van der Waals surface area contributed by atoms with Crippen molar-refractivity contribution in [1.29, 1.82) is 0 Å². The molecule has 7 aliphatic rings. The average molecular weight is 754 g/mol. The van der Waals surface area contributed by atoms with Crippen molar-refractivity contribution in [2.45, 2.75) is 102 Å². The van der Waals surface area contributed by atoms with Crippen molar-refractivity contribution in [2.75, 3.05) is 4.90 Å². The van der Waals surface area contributed by atoms with Crippen molar-refractivity contribution in [3.05, 3.63) is 161 Å².